The van der Waals surface area contributed by atoms with Gasteiger partial charge in [0.1, 0.15) is 6.04 Å². The van der Waals surface area contributed by atoms with Gasteiger partial charge >= 0.3 is 5.97 Å². The monoisotopic (exact) mass is 479 g/mol. The Balaban J connectivity index is 1.63. The quantitative estimate of drug-likeness (QED) is 0.257. The van der Waals surface area contributed by atoms with E-state index >= 15 is 0 Å². The molecule has 2 aromatic carbocycles. The van der Waals surface area contributed by atoms with Gasteiger partial charge in [-0.1, -0.05) is 18.9 Å². The van der Waals surface area contributed by atoms with E-state index in [1.165, 1.54) is 53.4 Å². The molecule has 2 aromatic rings. The van der Waals surface area contributed by atoms with Gasteiger partial charge in [0.25, 0.3) is 17.5 Å². The Hall–Kier alpha value is -4.08. The highest BCUT2D eigenvalue weighted by Crippen LogP contribution is 2.33. The van der Waals surface area contributed by atoms with Crippen molar-refractivity contribution in [2.45, 2.75) is 51.1 Å². The standard InChI is InChI=1S/C25H25N3O7/c1-2-35-25(32)16-10-12-19(13-11-16)27-22(29)15-21(24(27)31)26(18-7-3-4-8-18)23(30)17-6-5-9-20(14-17)28(33)34/h5-6,9-14,18,21H,2-4,7-8,15H2,1H3. The molecule has 1 saturated carbocycles. The molecule has 10 heteroatoms. The van der Waals surface area contributed by atoms with E-state index in [0.717, 1.165) is 17.7 Å². The lowest BCUT2D eigenvalue weighted by Crippen LogP contribution is -2.50. The molecule has 1 saturated heterocycles. The smallest absolute Gasteiger partial charge is 0.338 e. The van der Waals surface area contributed by atoms with E-state index in [1.54, 1.807) is 6.92 Å². The lowest BCUT2D eigenvalue weighted by molar-refractivity contribution is -0.384. The SMILES string of the molecule is CCOC(=O)c1ccc(N2C(=O)CC(N(C(=O)c3cccc([N+](=O)[O-])c3)C3CCCC3)C2=O)cc1. The number of nitrogens with zero attached hydrogens (tertiary/aromatic N) is 3. The lowest BCUT2D eigenvalue weighted by Gasteiger charge is -2.33. The maximum atomic E-state index is 13.5. The second-order valence-electron chi connectivity index (χ2n) is 8.51. The summed E-state index contributed by atoms with van der Waals surface area (Å²) >= 11 is 0. The van der Waals surface area contributed by atoms with Crippen LogP contribution in [0.3, 0.4) is 0 Å². The minimum atomic E-state index is -1.01. The molecule has 182 valence electrons. The van der Waals surface area contributed by atoms with E-state index in [-0.39, 0.29) is 30.3 Å². The van der Waals surface area contributed by atoms with Crippen molar-refractivity contribution < 1.29 is 28.8 Å². The van der Waals surface area contributed by atoms with E-state index in [0.29, 0.717) is 24.1 Å². The zero-order valence-electron chi connectivity index (χ0n) is 19.2. The molecule has 1 atom stereocenters. The predicted octanol–water partition coefficient (Wildman–Crippen LogP) is 3.49. The van der Waals surface area contributed by atoms with Gasteiger partial charge in [-0.15, -0.1) is 0 Å². The molecule has 35 heavy (non-hydrogen) atoms. The molecule has 1 heterocycles. The van der Waals surface area contributed by atoms with Crippen molar-refractivity contribution in [1.82, 2.24) is 4.90 Å². The summed E-state index contributed by atoms with van der Waals surface area (Å²) in [5.74, 6) is -2.01. The van der Waals surface area contributed by atoms with Crippen LogP contribution in [0.5, 0.6) is 0 Å². The zero-order valence-corrected chi connectivity index (χ0v) is 19.2. The molecule has 0 aromatic heterocycles. The summed E-state index contributed by atoms with van der Waals surface area (Å²) in [6, 6.07) is 10.1. The fraction of sp³-hybridized carbons (Fsp3) is 0.360. The third-order valence-electron chi connectivity index (χ3n) is 6.35. The molecule has 2 aliphatic rings. The summed E-state index contributed by atoms with van der Waals surface area (Å²) in [5.41, 5.74) is 0.465. The number of nitro benzene ring substituents is 1. The van der Waals surface area contributed by atoms with Gasteiger partial charge in [-0.25, -0.2) is 9.69 Å². The Bertz CT molecular complexity index is 1170. The van der Waals surface area contributed by atoms with Crippen LogP contribution in [0.1, 0.15) is 59.7 Å². The van der Waals surface area contributed by atoms with Gasteiger partial charge in [0, 0.05) is 23.7 Å². The van der Waals surface area contributed by atoms with Gasteiger partial charge in [-0.05, 0) is 50.1 Å². The molecule has 10 nitrogen and oxygen atoms in total. The number of rotatable bonds is 7. The van der Waals surface area contributed by atoms with Gasteiger partial charge in [0.05, 0.1) is 29.2 Å². The average Bonchev–Trinajstić information content (AvgIpc) is 3.48. The highest BCUT2D eigenvalue weighted by atomic mass is 16.6. The van der Waals surface area contributed by atoms with Crippen LogP contribution in [0.15, 0.2) is 48.5 Å². The molecule has 0 N–H and O–H groups in total. The Morgan fingerprint density at radius 2 is 1.77 bits per heavy atom. The highest BCUT2D eigenvalue weighted by molar-refractivity contribution is 6.23. The Morgan fingerprint density at radius 1 is 1.09 bits per heavy atom. The number of benzene rings is 2. The number of hydrogen-bond donors (Lipinski definition) is 0. The van der Waals surface area contributed by atoms with Gasteiger partial charge in [0.2, 0.25) is 5.91 Å². The van der Waals surface area contributed by atoms with Gasteiger partial charge < -0.3 is 9.64 Å². The molecular weight excluding hydrogens is 454 g/mol. The lowest BCUT2D eigenvalue weighted by atomic mass is 10.1. The van der Waals surface area contributed by atoms with E-state index in [2.05, 4.69) is 0 Å². The minimum Gasteiger partial charge on any atom is -0.462 e. The molecule has 1 unspecified atom stereocenters. The Morgan fingerprint density at radius 3 is 2.40 bits per heavy atom. The summed E-state index contributed by atoms with van der Waals surface area (Å²) in [6.07, 6.45) is 2.96. The van der Waals surface area contributed by atoms with E-state index in [9.17, 15) is 29.3 Å². The van der Waals surface area contributed by atoms with Crippen molar-refractivity contribution >= 4 is 35.1 Å². The first kappa shape index (κ1) is 24.1. The molecular formula is C25H25N3O7. The second kappa shape index (κ2) is 10.0. The topological polar surface area (TPSA) is 127 Å². The summed E-state index contributed by atoms with van der Waals surface area (Å²) in [5, 5.41) is 11.2. The number of hydrogen-bond acceptors (Lipinski definition) is 7. The second-order valence-corrected chi connectivity index (χ2v) is 8.51. The fourth-order valence-electron chi connectivity index (χ4n) is 4.71. The first-order valence-corrected chi connectivity index (χ1v) is 11.5. The molecule has 0 bridgehead atoms. The van der Waals surface area contributed by atoms with Crippen molar-refractivity contribution in [3.8, 4) is 0 Å². The number of non-ortho nitro benzene ring substituents is 1. The van der Waals surface area contributed by atoms with Gasteiger partial charge in [-0.2, -0.15) is 0 Å². The van der Waals surface area contributed by atoms with Crippen LogP contribution in [0.25, 0.3) is 0 Å². The van der Waals surface area contributed by atoms with Crippen LogP contribution in [-0.4, -0.2) is 52.2 Å². The van der Waals surface area contributed by atoms with Crippen LogP contribution in [0, 0.1) is 10.1 Å². The predicted molar refractivity (Wildman–Crippen MR) is 125 cm³/mol. The molecule has 4 rings (SSSR count). The minimum absolute atomic E-state index is 0.101. The van der Waals surface area contributed by atoms with Crippen LogP contribution < -0.4 is 4.90 Å². The van der Waals surface area contributed by atoms with Crippen LogP contribution >= 0.6 is 0 Å². The molecule has 0 spiro atoms. The number of ether oxygens (including phenoxy) is 1. The molecule has 3 amide bonds. The summed E-state index contributed by atoms with van der Waals surface area (Å²) < 4.78 is 4.96. The molecule has 0 radical (unpaired) electrons. The van der Waals surface area contributed by atoms with Crippen molar-refractivity contribution in [2.24, 2.45) is 0 Å². The normalized spacial score (nSPS) is 18.1. The maximum absolute atomic E-state index is 13.5. The largest absolute Gasteiger partial charge is 0.462 e. The zero-order chi connectivity index (χ0) is 25.1. The van der Waals surface area contributed by atoms with Crippen LogP contribution in [0.2, 0.25) is 0 Å². The van der Waals surface area contributed by atoms with Crippen molar-refractivity contribution in [1.29, 1.82) is 0 Å². The van der Waals surface area contributed by atoms with Crippen molar-refractivity contribution in [3.63, 3.8) is 0 Å². The summed E-state index contributed by atoms with van der Waals surface area (Å²) in [4.78, 5) is 64.9. The highest BCUT2D eigenvalue weighted by Gasteiger charge is 2.47. The number of carbonyl (C=O) groups is 4. The van der Waals surface area contributed by atoms with Crippen molar-refractivity contribution in [3.05, 3.63) is 69.8 Å². The van der Waals surface area contributed by atoms with Crippen molar-refractivity contribution in [2.75, 3.05) is 11.5 Å². The van der Waals surface area contributed by atoms with Crippen LogP contribution in [-0.2, 0) is 14.3 Å². The number of imide groups is 1. The Labute approximate surface area is 201 Å². The molecule has 1 aliphatic heterocycles. The molecule has 1 aliphatic carbocycles. The first-order chi connectivity index (χ1) is 16.8. The van der Waals surface area contributed by atoms with Gasteiger partial charge in [0.15, 0.2) is 0 Å². The van der Waals surface area contributed by atoms with E-state index < -0.39 is 34.7 Å². The van der Waals surface area contributed by atoms with E-state index in [4.69, 9.17) is 4.74 Å². The Kier molecular flexibility index (Phi) is 6.90. The fourth-order valence-corrected chi connectivity index (χ4v) is 4.71. The first-order valence-electron chi connectivity index (χ1n) is 11.5. The third-order valence-corrected chi connectivity index (χ3v) is 6.35. The number of esters is 1. The molecule has 2 fully saturated rings. The number of anilines is 1. The average molecular weight is 479 g/mol. The maximum Gasteiger partial charge on any atom is 0.338 e. The summed E-state index contributed by atoms with van der Waals surface area (Å²) in [7, 11) is 0. The number of nitro groups is 1. The number of carbonyl (C=O) groups excluding carboxylic acids is 4. The van der Waals surface area contributed by atoms with Gasteiger partial charge in [-0.3, -0.25) is 24.5 Å². The number of amides is 3. The third kappa shape index (κ3) is 4.77. The van der Waals surface area contributed by atoms with Crippen LogP contribution in [0.4, 0.5) is 11.4 Å². The van der Waals surface area contributed by atoms with E-state index in [1.807, 2.05) is 0 Å². The summed E-state index contributed by atoms with van der Waals surface area (Å²) in [6.45, 7) is 1.92.